The first kappa shape index (κ1) is 25.6. The summed E-state index contributed by atoms with van der Waals surface area (Å²) in [6.07, 6.45) is -1.23. The largest absolute Gasteiger partial charge is 0.418 e. The van der Waals surface area contributed by atoms with E-state index in [1.807, 2.05) is 42.8 Å². The molecule has 2 atom stereocenters. The third kappa shape index (κ3) is 5.94. The van der Waals surface area contributed by atoms with Gasteiger partial charge in [-0.05, 0) is 36.2 Å². The number of morpholine rings is 1. The van der Waals surface area contributed by atoms with E-state index in [9.17, 15) is 13.2 Å². The molecule has 0 aliphatic carbocycles. The molecule has 8 nitrogen and oxygen atoms in total. The minimum atomic E-state index is -4.50. The zero-order valence-corrected chi connectivity index (χ0v) is 20.9. The van der Waals surface area contributed by atoms with E-state index in [1.54, 1.807) is 12.5 Å². The Hall–Kier alpha value is -3.02. The molecule has 4 heterocycles. The van der Waals surface area contributed by atoms with Crippen molar-refractivity contribution in [3.05, 3.63) is 71.1 Å². The summed E-state index contributed by atoms with van der Waals surface area (Å²) < 4.78 is 54.7. The Kier molecular flexibility index (Phi) is 7.45. The molecule has 2 saturated heterocycles. The average molecular weight is 517 g/mol. The monoisotopic (exact) mass is 516 g/mol. The van der Waals surface area contributed by atoms with Crippen LogP contribution in [0.1, 0.15) is 41.1 Å². The zero-order chi connectivity index (χ0) is 26.0. The van der Waals surface area contributed by atoms with Crippen molar-refractivity contribution in [2.75, 3.05) is 38.2 Å². The number of hydrogen-bond donors (Lipinski definition) is 1. The number of alkyl halides is 3. The van der Waals surface area contributed by atoms with E-state index in [0.29, 0.717) is 50.7 Å². The van der Waals surface area contributed by atoms with Gasteiger partial charge in [-0.25, -0.2) is 0 Å². The van der Waals surface area contributed by atoms with Crippen LogP contribution in [0.3, 0.4) is 0 Å². The maximum atomic E-state index is 14.0. The van der Waals surface area contributed by atoms with Gasteiger partial charge in [0.2, 0.25) is 0 Å². The Morgan fingerprint density at radius 2 is 2.05 bits per heavy atom. The van der Waals surface area contributed by atoms with Crippen molar-refractivity contribution in [3.63, 3.8) is 0 Å². The smallest absolute Gasteiger partial charge is 0.381 e. The number of anilines is 1. The number of nitrogens with one attached hydrogen (secondary N) is 1. The fraction of sp³-hybridized carbons (Fsp3) is 0.500. The lowest BCUT2D eigenvalue weighted by atomic mass is 9.84. The first-order valence-electron chi connectivity index (χ1n) is 12.4. The van der Waals surface area contributed by atoms with E-state index >= 15 is 0 Å². The summed E-state index contributed by atoms with van der Waals surface area (Å²) >= 11 is 0. The van der Waals surface area contributed by atoms with Crippen LogP contribution in [0.2, 0.25) is 0 Å². The van der Waals surface area contributed by atoms with Crippen LogP contribution in [0, 0.1) is 5.92 Å². The van der Waals surface area contributed by atoms with Crippen molar-refractivity contribution in [2.24, 2.45) is 13.0 Å². The van der Waals surface area contributed by atoms with E-state index in [2.05, 4.69) is 25.4 Å². The maximum Gasteiger partial charge on any atom is 0.418 e. The second kappa shape index (κ2) is 10.8. The molecule has 1 N–H and O–H groups in total. The molecule has 0 saturated carbocycles. The molecule has 11 heteroatoms. The third-order valence-electron chi connectivity index (χ3n) is 6.93. The van der Waals surface area contributed by atoms with Gasteiger partial charge in [0.1, 0.15) is 12.2 Å². The molecule has 1 aromatic carbocycles. The SMILES string of the molecule is C[C@@H]1CN(Cc2cnc(CNc3cccc([C@H](c4nncn4C)C4COC4)c3)c(C(F)(F)F)c2)CCO1. The second-order valence-corrected chi connectivity index (χ2v) is 9.81. The Bertz CT molecular complexity index is 1210. The van der Waals surface area contributed by atoms with Crippen molar-refractivity contribution >= 4 is 5.69 Å². The summed E-state index contributed by atoms with van der Waals surface area (Å²) in [5, 5.41) is 11.5. The minimum absolute atomic E-state index is 0.0194. The molecule has 0 radical (unpaired) electrons. The molecule has 5 rings (SSSR count). The normalized spacial score (nSPS) is 20.0. The molecule has 2 fully saturated rings. The van der Waals surface area contributed by atoms with Crippen LogP contribution in [-0.2, 0) is 35.8 Å². The average Bonchev–Trinajstić information content (AvgIpc) is 3.25. The highest BCUT2D eigenvalue weighted by molar-refractivity contribution is 5.48. The third-order valence-corrected chi connectivity index (χ3v) is 6.93. The summed E-state index contributed by atoms with van der Waals surface area (Å²) in [6.45, 7) is 5.53. The standard InChI is InChI=1S/C26H31F3N6O2/c1-17-12-35(6-7-37-17)13-18-8-22(26(27,28)29)23(31-10-18)11-30-21-5-3-4-19(9-21)24(20-14-36-15-20)25-33-32-16-34(25)2/h3-5,8-10,16-17,20,24,30H,6-7,11-15H2,1-2H3/t17-,24+/m1/s1. The second-order valence-electron chi connectivity index (χ2n) is 9.81. The molecule has 2 aliphatic heterocycles. The summed E-state index contributed by atoms with van der Waals surface area (Å²) in [4.78, 5) is 6.32. The van der Waals surface area contributed by atoms with Gasteiger partial charge >= 0.3 is 6.18 Å². The molecular weight excluding hydrogens is 485 g/mol. The Balaban J connectivity index is 1.33. The molecular formula is C26H31F3N6O2. The Morgan fingerprint density at radius 3 is 2.73 bits per heavy atom. The van der Waals surface area contributed by atoms with Crippen LogP contribution in [0.5, 0.6) is 0 Å². The number of ether oxygens (including phenoxy) is 2. The van der Waals surface area contributed by atoms with E-state index < -0.39 is 11.7 Å². The molecule has 3 aromatic rings. The maximum absolute atomic E-state index is 14.0. The fourth-order valence-corrected chi connectivity index (χ4v) is 4.98. The molecule has 198 valence electrons. The zero-order valence-electron chi connectivity index (χ0n) is 20.9. The molecule has 0 spiro atoms. The Labute approximate surface area is 213 Å². The van der Waals surface area contributed by atoms with Crippen LogP contribution in [0.4, 0.5) is 18.9 Å². The molecule has 0 unspecified atom stereocenters. The van der Waals surface area contributed by atoms with Crippen molar-refractivity contribution in [1.82, 2.24) is 24.6 Å². The van der Waals surface area contributed by atoms with Crippen LogP contribution in [0.25, 0.3) is 0 Å². The van der Waals surface area contributed by atoms with Gasteiger partial charge in [0.15, 0.2) is 0 Å². The van der Waals surface area contributed by atoms with Gasteiger partial charge < -0.3 is 19.4 Å². The van der Waals surface area contributed by atoms with Gasteiger partial charge in [-0.2, -0.15) is 13.2 Å². The minimum Gasteiger partial charge on any atom is -0.381 e. The highest BCUT2D eigenvalue weighted by Gasteiger charge is 2.35. The molecule has 0 amide bonds. The lowest BCUT2D eigenvalue weighted by molar-refractivity contribution is -0.138. The predicted molar refractivity (Wildman–Crippen MR) is 131 cm³/mol. The Morgan fingerprint density at radius 1 is 1.22 bits per heavy atom. The topological polar surface area (TPSA) is 77.3 Å². The summed E-state index contributed by atoms with van der Waals surface area (Å²) in [5.74, 6) is 1.07. The molecule has 2 aromatic heterocycles. The highest BCUT2D eigenvalue weighted by atomic mass is 19.4. The molecule has 37 heavy (non-hydrogen) atoms. The first-order valence-corrected chi connectivity index (χ1v) is 12.4. The number of rotatable bonds is 8. The van der Waals surface area contributed by atoms with Gasteiger partial charge in [0.05, 0.1) is 49.6 Å². The highest BCUT2D eigenvalue weighted by Crippen LogP contribution is 2.36. The summed E-state index contributed by atoms with van der Waals surface area (Å²) in [6, 6.07) is 8.92. The predicted octanol–water partition coefficient (Wildman–Crippen LogP) is 3.84. The van der Waals surface area contributed by atoms with Gasteiger partial charge in [-0.15, -0.1) is 10.2 Å². The summed E-state index contributed by atoms with van der Waals surface area (Å²) in [7, 11) is 1.90. The van der Waals surface area contributed by atoms with Gasteiger partial charge in [0, 0.05) is 44.5 Å². The first-order chi connectivity index (χ1) is 17.8. The van der Waals surface area contributed by atoms with Gasteiger partial charge in [0.25, 0.3) is 0 Å². The van der Waals surface area contributed by atoms with Gasteiger partial charge in [-0.1, -0.05) is 12.1 Å². The van der Waals surface area contributed by atoms with Crippen LogP contribution >= 0.6 is 0 Å². The number of nitrogens with zero attached hydrogens (tertiary/aromatic N) is 5. The van der Waals surface area contributed by atoms with E-state index in [4.69, 9.17) is 9.47 Å². The van der Waals surface area contributed by atoms with Crippen LogP contribution in [-0.4, -0.2) is 63.7 Å². The van der Waals surface area contributed by atoms with Crippen molar-refractivity contribution in [1.29, 1.82) is 0 Å². The number of aromatic nitrogens is 4. The van der Waals surface area contributed by atoms with E-state index in [1.165, 1.54) is 6.07 Å². The van der Waals surface area contributed by atoms with Crippen LogP contribution < -0.4 is 5.32 Å². The number of halogens is 3. The quantitative estimate of drug-likeness (QED) is 0.488. The number of benzene rings is 1. The molecule has 2 aliphatic rings. The van der Waals surface area contributed by atoms with Crippen molar-refractivity contribution < 1.29 is 22.6 Å². The lowest BCUT2D eigenvalue weighted by Gasteiger charge is -2.33. The lowest BCUT2D eigenvalue weighted by Crippen LogP contribution is -2.40. The molecule has 0 bridgehead atoms. The van der Waals surface area contributed by atoms with Crippen molar-refractivity contribution in [2.45, 2.75) is 38.2 Å². The number of aryl methyl sites for hydroxylation is 1. The fourth-order valence-electron chi connectivity index (χ4n) is 4.98. The summed E-state index contributed by atoms with van der Waals surface area (Å²) in [5.41, 5.74) is 1.52. The van der Waals surface area contributed by atoms with Gasteiger partial charge in [-0.3, -0.25) is 9.88 Å². The van der Waals surface area contributed by atoms with Crippen molar-refractivity contribution in [3.8, 4) is 0 Å². The number of pyridine rings is 1. The van der Waals surface area contributed by atoms with E-state index in [-0.39, 0.29) is 30.2 Å². The van der Waals surface area contributed by atoms with E-state index in [0.717, 1.165) is 11.4 Å². The number of hydrogen-bond acceptors (Lipinski definition) is 7. The van der Waals surface area contributed by atoms with Crippen LogP contribution in [0.15, 0.2) is 42.9 Å².